The minimum Gasteiger partial charge on any atom is -0.466 e. The van der Waals surface area contributed by atoms with Gasteiger partial charge >= 0.3 is 5.97 Å². The maximum atomic E-state index is 12.4. The number of hydrogen-bond acceptors (Lipinski definition) is 5. The average Bonchev–Trinajstić information content (AvgIpc) is 3.38. The molecule has 6 nitrogen and oxygen atoms in total. The van der Waals surface area contributed by atoms with Crippen molar-refractivity contribution < 1.29 is 24.5 Å². The van der Waals surface area contributed by atoms with Crippen molar-refractivity contribution in [2.75, 3.05) is 13.2 Å². The third-order valence-electron chi connectivity index (χ3n) is 15.2. The van der Waals surface area contributed by atoms with Crippen LogP contribution in [0.1, 0.15) is 361 Å². The van der Waals surface area contributed by atoms with Crippen molar-refractivity contribution in [1.82, 2.24) is 5.32 Å². The highest BCUT2D eigenvalue weighted by atomic mass is 16.5. The van der Waals surface area contributed by atoms with Crippen LogP contribution < -0.4 is 5.32 Å². The topological polar surface area (TPSA) is 95.9 Å². The zero-order valence-electron chi connectivity index (χ0n) is 48.7. The molecule has 0 rings (SSSR count). The standard InChI is InChI=1S/C66H127NO5/c1-3-5-7-9-11-13-14-15-16-17-27-31-34-37-40-44-48-52-56-60-66(71)72-61-57-53-49-45-41-38-35-32-29-26-24-22-20-18-19-21-23-25-28-30-33-36-39-43-47-51-55-59-65(70)67-63(62-68)64(69)58-54-50-46-42-12-10-8-6-4-2/h15-16,54,58,63-64,68-69H,3-14,17-53,55-57,59-62H2,1-2H3,(H,67,70)/b16-15-,58-54+. The fourth-order valence-electron chi connectivity index (χ4n) is 10.2. The van der Waals surface area contributed by atoms with Crippen LogP contribution in [0.4, 0.5) is 0 Å². The molecule has 0 heterocycles. The lowest BCUT2D eigenvalue weighted by Gasteiger charge is -2.20. The van der Waals surface area contributed by atoms with E-state index in [2.05, 4.69) is 31.3 Å². The number of amides is 1. The summed E-state index contributed by atoms with van der Waals surface area (Å²) in [6.45, 7) is 4.89. The van der Waals surface area contributed by atoms with Gasteiger partial charge in [-0.2, -0.15) is 0 Å². The molecule has 0 saturated carbocycles. The van der Waals surface area contributed by atoms with Crippen molar-refractivity contribution in [3.8, 4) is 0 Å². The molecule has 2 atom stereocenters. The molecule has 0 bridgehead atoms. The first-order chi connectivity index (χ1) is 35.5. The molecule has 2 unspecified atom stereocenters. The van der Waals surface area contributed by atoms with Crippen LogP contribution >= 0.6 is 0 Å². The Bertz CT molecular complexity index is 1120. The molecule has 0 radical (unpaired) electrons. The summed E-state index contributed by atoms with van der Waals surface area (Å²) in [5.41, 5.74) is 0. The van der Waals surface area contributed by atoms with Gasteiger partial charge in [0.1, 0.15) is 0 Å². The summed E-state index contributed by atoms with van der Waals surface area (Å²) in [4.78, 5) is 24.5. The minimum absolute atomic E-state index is 0.0175. The number of unbranched alkanes of at least 4 members (excludes halogenated alkanes) is 48. The summed E-state index contributed by atoms with van der Waals surface area (Å²) >= 11 is 0. The quantitative estimate of drug-likeness (QED) is 0.0320. The van der Waals surface area contributed by atoms with Crippen LogP contribution in [-0.2, 0) is 14.3 Å². The summed E-state index contributed by atoms with van der Waals surface area (Å²) in [6.07, 6.45) is 76.8. The molecule has 0 aromatic carbocycles. The average molecular weight is 1010 g/mol. The molecule has 6 heteroatoms. The van der Waals surface area contributed by atoms with Crippen LogP contribution in [-0.4, -0.2) is 47.4 Å². The largest absolute Gasteiger partial charge is 0.466 e. The number of esters is 1. The lowest BCUT2D eigenvalue weighted by atomic mass is 10.0. The highest BCUT2D eigenvalue weighted by molar-refractivity contribution is 5.76. The number of ether oxygens (including phenoxy) is 1. The fourth-order valence-corrected chi connectivity index (χ4v) is 10.2. The van der Waals surface area contributed by atoms with E-state index in [0.717, 1.165) is 38.5 Å². The molecule has 72 heavy (non-hydrogen) atoms. The fraction of sp³-hybridized carbons (Fsp3) is 0.909. The van der Waals surface area contributed by atoms with Gasteiger partial charge < -0.3 is 20.3 Å². The van der Waals surface area contributed by atoms with Crippen molar-refractivity contribution in [2.24, 2.45) is 0 Å². The van der Waals surface area contributed by atoms with Crippen LogP contribution in [0, 0.1) is 0 Å². The Morgan fingerprint density at radius 2 is 0.653 bits per heavy atom. The summed E-state index contributed by atoms with van der Waals surface area (Å²) in [7, 11) is 0. The van der Waals surface area contributed by atoms with Gasteiger partial charge in [-0.1, -0.05) is 314 Å². The summed E-state index contributed by atoms with van der Waals surface area (Å²) < 4.78 is 5.51. The SMILES string of the molecule is CCCCCCCC/C=C\CCCCCCCCCCCC(=O)OCCCCCCCCCCCCCCCCCCCCCCCCCCCCCC(=O)NC(CO)C(O)/C=C/CCCCCCCCC. The lowest BCUT2D eigenvalue weighted by Crippen LogP contribution is -2.45. The Kier molecular flexibility index (Phi) is 60.5. The van der Waals surface area contributed by atoms with Gasteiger partial charge in [-0.05, 0) is 57.8 Å². The van der Waals surface area contributed by atoms with Gasteiger partial charge in [-0.25, -0.2) is 0 Å². The van der Waals surface area contributed by atoms with Gasteiger partial charge in [0.15, 0.2) is 0 Å². The second-order valence-corrected chi connectivity index (χ2v) is 22.5. The van der Waals surface area contributed by atoms with Crippen LogP contribution in [0.3, 0.4) is 0 Å². The Morgan fingerprint density at radius 1 is 0.375 bits per heavy atom. The maximum absolute atomic E-state index is 12.4. The van der Waals surface area contributed by atoms with E-state index in [1.165, 1.54) is 295 Å². The Morgan fingerprint density at radius 3 is 0.986 bits per heavy atom. The third-order valence-corrected chi connectivity index (χ3v) is 15.2. The number of allylic oxidation sites excluding steroid dienone is 3. The molecule has 0 saturated heterocycles. The molecule has 0 spiro atoms. The van der Waals surface area contributed by atoms with Gasteiger partial charge in [-0.15, -0.1) is 0 Å². The Balaban J connectivity index is 3.31. The number of rotatable bonds is 61. The van der Waals surface area contributed by atoms with E-state index < -0.39 is 12.1 Å². The maximum Gasteiger partial charge on any atom is 0.305 e. The molecule has 0 aliphatic rings. The van der Waals surface area contributed by atoms with Crippen molar-refractivity contribution >= 4 is 11.9 Å². The number of aliphatic hydroxyl groups is 2. The van der Waals surface area contributed by atoms with Crippen LogP contribution in [0.5, 0.6) is 0 Å². The number of nitrogens with one attached hydrogen (secondary N) is 1. The van der Waals surface area contributed by atoms with Crippen molar-refractivity contribution in [3.63, 3.8) is 0 Å². The second kappa shape index (κ2) is 61.9. The van der Waals surface area contributed by atoms with Gasteiger partial charge in [0.25, 0.3) is 0 Å². The van der Waals surface area contributed by atoms with Gasteiger partial charge in [0.2, 0.25) is 5.91 Å². The zero-order chi connectivity index (χ0) is 52.2. The van der Waals surface area contributed by atoms with Crippen LogP contribution in [0.15, 0.2) is 24.3 Å². The first-order valence-electron chi connectivity index (χ1n) is 32.6. The van der Waals surface area contributed by atoms with Gasteiger partial charge in [-0.3, -0.25) is 9.59 Å². The van der Waals surface area contributed by atoms with E-state index in [1.54, 1.807) is 6.08 Å². The zero-order valence-corrected chi connectivity index (χ0v) is 48.7. The van der Waals surface area contributed by atoms with Crippen molar-refractivity contribution in [2.45, 2.75) is 373 Å². The number of aliphatic hydroxyl groups excluding tert-OH is 2. The van der Waals surface area contributed by atoms with E-state index in [-0.39, 0.29) is 18.5 Å². The number of hydrogen-bond donors (Lipinski definition) is 3. The molecule has 1 amide bonds. The monoisotopic (exact) mass is 1010 g/mol. The molecule has 0 aliphatic heterocycles. The molecule has 426 valence electrons. The predicted molar refractivity (Wildman–Crippen MR) is 315 cm³/mol. The third kappa shape index (κ3) is 57.6. The summed E-state index contributed by atoms with van der Waals surface area (Å²) in [5, 5.41) is 23.0. The highest BCUT2D eigenvalue weighted by Crippen LogP contribution is 2.18. The van der Waals surface area contributed by atoms with Crippen molar-refractivity contribution in [3.05, 3.63) is 24.3 Å². The summed E-state index contributed by atoms with van der Waals surface area (Å²) in [6, 6.07) is -0.623. The van der Waals surface area contributed by atoms with Crippen LogP contribution in [0.2, 0.25) is 0 Å². The molecular formula is C66H127NO5. The Hall–Kier alpha value is -1.66. The lowest BCUT2D eigenvalue weighted by molar-refractivity contribution is -0.143. The molecule has 0 aliphatic carbocycles. The summed E-state index contributed by atoms with van der Waals surface area (Å²) in [5.74, 6) is -0.0493. The first kappa shape index (κ1) is 70.3. The van der Waals surface area contributed by atoms with Gasteiger partial charge in [0.05, 0.1) is 25.4 Å². The van der Waals surface area contributed by atoms with E-state index in [9.17, 15) is 19.8 Å². The second-order valence-electron chi connectivity index (χ2n) is 22.5. The molecule has 0 aromatic heterocycles. The molecule has 3 N–H and O–H groups in total. The van der Waals surface area contributed by atoms with E-state index in [1.807, 2.05) is 6.08 Å². The van der Waals surface area contributed by atoms with Crippen molar-refractivity contribution in [1.29, 1.82) is 0 Å². The normalized spacial score (nSPS) is 12.7. The highest BCUT2D eigenvalue weighted by Gasteiger charge is 2.18. The smallest absolute Gasteiger partial charge is 0.305 e. The van der Waals surface area contributed by atoms with Gasteiger partial charge in [0, 0.05) is 12.8 Å². The van der Waals surface area contributed by atoms with E-state index in [4.69, 9.17) is 4.74 Å². The van der Waals surface area contributed by atoms with Crippen LogP contribution in [0.25, 0.3) is 0 Å². The van der Waals surface area contributed by atoms with E-state index >= 15 is 0 Å². The van der Waals surface area contributed by atoms with E-state index in [0.29, 0.717) is 19.4 Å². The molecule has 0 fully saturated rings. The number of carbonyl (C=O) groups excluding carboxylic acids is 2. The first-order valence-corrected chi connectivity index (χ1v) is 32.6. The number of carbonyl (C=O) groups is 2. The molecular weight excluding hydrogens is 887 g/mol. The minimum atomic E-state index is -0.840. The Labute approximate surface area is 450 Å². The molecule has 0 aromatic rings. The predicted octanol–water partition coefficient (Wildman–Crippen LogP) is 20.6.